The molecule has 1 saturated carbocycles. The third-order valence-corrected chi connectivity index (χ3v) is 4.62. The highest BCUT2D eigenvalue weighted by Gasteiger charge is 2.31. The average molecular weight is 351 g/mol. The van der Waals surface area contributed by atoms with Crippen LogP contribution in [-0.4, -0.2) is 22.3 Å². The van der Waals surface area contributed by atoms with Gasteiger partial charge in [-0.3, -0.25) is 9.78 Å². The quantitative estimate of drug-likeness (QED) is 0.849. The van der Waals surface area contributed by atoms with Crippen molar-refractivity contribution in [3.8, 4) is 0 Å². The molecule has 1 amide bonds. The predicted octanol–water partition coefficient (Wildman–Crippen LogP) is 3.39. The number of rotatable bonds is 3. The minimum atomic E-state index is -4.44. The Balaban J connectivity index is 1.92. The van der Waals surface area contributed by atoms with Gasteiger partial charge in [-0.1, -0.05) is 22.4 Å². The molecule has 0 aliphatic heterocycles. The molecule has 1 aromatic rings. The van der Waals surface area contributed by atoms with Crippen molar-refractivity contribution in [3.05, 3.63) is 29.6 Å². The van der Waals surface area contributed by atoms with Gasteiger partial charge in [0.25, 0.3) is 5.91 Å². The summed E-state index contributed by atoms with van der Waals surface area (Å²) in [7, 11) is 0. The first kappa shape index (κ1) is 15.3. The lowest BCUT2D eigenvalue weighted by atomic mass is 10.1. The van der Waals surface area contributed by atoms with E-state index in [9.17, 15) is 18.0 Å². The van der Waals surface area contributed by atoms with E-state index < -0.39 is 17.6 Å². The van der Waals surface area contributed by atoms with Crippen LogP contribution < -0.4 is 5.32 Å². The summed E-state index contributed by atoms with van der Waals surface area (Å²) in [6.07, 6.45) is -0.516. The molecule has 1 aliphatic rings. The SMILES string of the molecule is O=C(NCC1CCCC1Br)c1ccc(C(F)(F)F)cn1. The molecule has 0 aromatic carbocycles. The fourth-order valence-electron chi connectivity index (χ4n) is 2.23. The molecule has 0 bridgehead atoms. The Morgan fingerprint density at radius 1 is 1.40 bits per heavy atom. The van der Waals surface area contributed by atoms with E-state index >= 15 is 0 Å². The third-order valence-electron chi connectivity index (χ3n) is 3.41. The normalized spacial score (nSPS) is 22.8. The van der Waals surface area contributed by atoms with Crippen molar-refractivity contribution in [1.82, 2.24) is 10.3 Å². The number of nitrogens with zero attached hydrogens (tertiary/aromatic N) is 1. The predicted molar refractivity (Wildman–Crippen MR) is 71.6 cm³/mol. The van der Waals surface area contributed by atoms with Crippen LogP contribution >= 0.6 is 15.9 Å². The first-order chi connectivity index (χ1) is 9.38. The van der Waals surface area contributed by atoms with E-state index in [1.807, 2.05) is 0 Å². The summed E-state index contributed by atoms with van der Waals surface area (Å²) in [6.45, 7) is 0.511. The van der Waals surface area contributed by atoms with Gasteiger partial charge in [-0.25, -0.2) is 0 Å². The standard InChI is InChI=1S/C13H14BrF3N2O/c14-10-3-1-2-8(10)6-19-12(20)11-5-4-9(7-18-11)13(15,16)17/h4-5,7-8,10H,1-3,6H2,(H,19,20). The van der Waals surface area contributed by atoms with Gasteiger partial charge in [-0.2, -0.15) is 13.2 Å². The summed E-state index contributed by atoms with van der Waals surface area (Å²) in [5.41, 5.74) is -0.854. The molecule has 1 N–H and O–H groups in total. The lowest BCUT2D eigenvalue weighted by Gasteiger charge is -2.14. The Hall–Kier alpha value is -1.11. The molecule has 0 spiro atoms. The van der Waals surface area contributed by atoms with Crippen LogP contribution in [0.1, 0.15) is 35.3 Å². The van der Waals surface area contributed by atoms with Gasteiger partial charge < -0.3 is 5.32 Å². The van der Waals surface area contributed by atoms with Crippen LogP contribution in [0.2, 0.25) is 0 Å². The van der Waals surface area contributed by atoms with Crippen LogP contribution in [0.25, 0.3) is 0 Å². The van der Waals surface area contributed by atoms with Gasteiger partial charge in [0.05, 0.1) is 5.56 Å². The second-order valence-electron chi connectivity index (χ2n) is 4.85. The highest BCUT2D eigenvalue weighted by Crippen LogP contribution is 2.31. The molecule has 1 heterocycles. The lowest BCUT2D eigenvalue weighted by Crippen LogP contribution is -2.31. The second-order valence-corrected chi connectivity index (χ2v) is 6.02. The van der Waals surface area contributed by atoms with Crippen molar-refractivity contribution >= 4 is 21.8 Å². The Labute approximate surface area is 123 Å². The highest BCUT2D eigenvalue weighted by atomic mass is 79.9. The maximum absolute atomic E-state index is 12.4. The molecular weight excluding hydrogens is 337 g/mol. The zero-order valence-electron chi connectivity index (χ0n) is 10.6. The molecular formula is C13H14BrF3N2O. The van der Waals surface area contributed by atoms with Gasteiger partial charge in [-0.15, -0.1) is 0 Å². The molecule has 20 heavy (non-hydrogen) atoms. The van der Waals surface area contributed by atoms with Crippen molar-refractivity contribution in [2.45, 2.75) is 30.3 Å². The molecule has 2 rings (SSSR count). The summed E-state index contributed by atoms with van der Waals surface area (Å²) >= 11 is 3.55. The van der Waals surface area contributed by atoms with Crippen LogP contribution in [-0.2, 0) is 6.18 Å². The van der Waals surface area contributed by atoms with Gasteiger partial charge in [0, 0.05) is 17.6 Å². The van der Waals surface area contributed by atoms with Crippen LogP contribution in [0.15, 0.2) is 18.3 Å². The fraction of sp³-hybridized carbons (Fsp3) is 0.538. The number of pyridine rings is 1. The first-order valence-electron chi connectivity index (χ1n) is 6.33. The molecule has 2 atom stereocenters. The Kier molecular flexibility index (Phi) is 4.67. The van der Waals surface area contributed by atoms with Gasteiger partial charge >= 0.3 is 6.18 Å². The van der Waals surface area contributed by atoms with Crippen LogP contribution in [0.4, 0.5) is 13.2 Å². The molecule has 2 unspecified atom stereocenters. The van der Waals surface area contributed by atoms with E-state index in [1.165, 1.54) is 0 Å². The summed E-state index contributed by atoms with van der Waals surface area (Å²) < 4.78 is 37.1. The molecule has 1 aliphatic carbocycles. The van der Waals surface area contributed by atoms with Crippen LogP contribution in [0.3, 0.4) is 0 Å². The monoisotopic (exact) mass is 350 g/mol. The van der Waals surface area contributed by atoms with Crippen molar-refractivity contribution < 1.29 is 18.0 Å². The summed E-state index contributed by atoms with van der Waals surface area (Å²) in [5.74, 6) is -0.0706. The lowest BCUT2D eigenvalue weighted by molar-refractivity contribution is -0.137. The summed E-state index contributed by atoms with van der Waals surface area (Å²) in [4.78, 5) is 15.8. The molecule has 0 saturated heterocycles. The number of aromatic nitrogens is 1. The largest absolute Gasteiger partial charge is 0.417 e. The summed E-state index contributed by atoms with van der Waals surface area (Å²) in [6, 6.07) is 1.96. The number of carbonyl (C=O) groups is 1. The van der Waals surface area contributed by atoms with E-state index in [4.69, 9.17) is 0 Å². The van der Waals surface area contributed by atoms with Crippen molar-refractivity contribution in [2.24, 2.45) is 5.92 Å². The highest BCUT2D eigenvalue weighted by molar-refractivity contribution is 9.09. The molecule has 3 nitrogen and oxygen atoms in total. The third kappa shape index (κ3) is 3.71. The van der Waals surface area contributed by atoms with Gasteiger partial charge in [0.2, 0.25) is 0 Å². The Morgan fingerprint density at radius 2 is 2.15 bits per heavy atom. The topological polar surface area (TPSA) is 42.0 Å². The Bertz CT molecular complexity index is 475. The smallest absolute Gasteiger partial charge is 0.350 e. The van der Waals surface area contributed by atoms with Crippen molar-refractivity contribution in [2.75, 3.05) is 6.54 Å². The van der Waals surface area contributed by atoms with E-state index in [0.29, 0.717) is 23.5 Å². The Morgan fingerprint density at radius 3 is 2.65 bits per heavy atom. The summed E-state index contributed by atoms with van der Waals surface area (Å²) in [5, 5.41) is 2.72. The van der Waals surface area contributed by atoms with Crippen LogP contribution in [0, 0.1) is 5.92 Å². The second kappa shape index (κ2) is 6.11. The average Bonchev–Trinajstić information content (AvgIpc) is 2.81. The minimum absolute atomic E-state index is 0.00196. The number of carbonyl (C=O) groups excluding carboxylic acids is 1. The number of amides is 1. The molecule has 7 heteroatoms. The van der Waals surface area contributed by atoms with E-state index in [0.717, 1.165) is 31.4 Å². The minimum Gasteiger partial charge on any atom is -0.350 e. The molecule has 1 aromatic heterocycles. The zero-order chi connectivity index (χ0) is 14.8. The van der Waals surface area contributed by atoms with E-state index in [1.54, 1.807) is 0 Å². The van der Waals surface area contributed by atoms with E-state index in [2.05, 4.69) is 26.2 Å². The van der Waals surface area contributed by atoms with Gasteiger partial charge in [0.15, 0.2) is 0 Å². The van der Waals surface area contributed by atoms with Crippen LogP contribution in [0.5, 0.6) is 0 Å². The van der Waals surface area contributed by atoms with Crippen molar-refractivity contribution in [1.29, 1.82) is 0 Å². The molecule has 110 valence electrons. The number of hydrogen-bond donors (Lipinski definition) is 1. The zero-order valence-corrected chi connectivity index (χ0v) is 12.2. The molecule has 0 radical (unpaired) electrons. The maximum atomic E-state index is 12.4. The number of halogens is 4. The maximum Gasteiger partial charge on any atom is 0.417 e. The van der Waals surface area contributed by atoms with Gasteiger partial charge in [-0.05, 0) is 30.9 Å². The number of nitrogens with one attached hydrogen (secondary N) is 1. The van der Waals surface area contributed by atoms with Crippen molar-refractivity contribution in [3.63, 3.8) is 0 Å². The molecule has 1 fully saturated rings. The fourth-order valence-corrected chi connectivity index (χ4v) is 3.01. The number of hydrogen-bond acceptors (Lipinski definition) is 2. The number of alkyl halides is 4. The van der Waals surface area contributed by atoms with Gasteiger partial charge in [0.1, 0.15) is 5.69 Å². The van der Waals surface area contributed by atoms with E-state index in [-0.39, 0.29) is 5.69 Å². The first-order valence-corrected chi connectivity index (χ1v) is 7.25.